The molecule has 0 aliphatic heterocycles. The molecule has 1 amide bonds. The van der Waals surface area contributed by atoms with Gasteiger partial charge in [0.25, 0.3) is 0 Å². The third-order valence-corrected chi connectivity index (χ3v) is 2.63. The highest BCUT2D eigenvalue weighted by Gasteiger charge is 2.08. The number of anilines is 2. The van der Waals surface area contributed by atoms with Crippen molar-refractivity contribution in [3.8, 4) is 0 Å². The number of pyridine rings is 1. The molecule has 106 valence electrons. The summed E-state index contributed by atoms with van der Waals surface area (Å²) in [4.78, 5) is 14.7. The number of carbonyl (C=O) groups is 1. The molecule has 6 nitrogen and oxygen atoms in total. The third kappa shape index (κ3) is 5.50. The molecule has 0 fully saturated rings. The van der Waals surface area contributed by atoms with Gasteiger partial charge in [0.05, 0.1) is 16.7 Å². The second-order valence-electron chi connectivity index (χ2n) is 3.63. The normalized spacial score (nSPS) is 10.3. The van der Waals surface area contributed by atoms with Gasteiger partial charge in [0.15, 0.2) is 0 Å². The van der Waals surface area contributed by atoms with Crippen molar-refractivity contribution in [2.75, 3.05) is 36.9 Å². The topological polar surface area (TPSA) is 89.3 Å². The van der Waals surface area contributed by atoms with Gasteiger partial charge in [0.2, 0.25) is 5.91 Å². The Labute approximate surface area is 121 Å². The smallest absolute Gasteiger partial charge is 0.243 e. The molecule has 1 aromatic heterocycles. The van der Waals surface area contributed by atoms with E-state index in [0.717, 1.165) is 0 Å². The highest BCUT2D eigenvalue weighted by molar-refractivity contribution is 6.37. The number of hydrogen-bond acceptors (Lipinski definition) is 5. The van der Waals surface area contributed by atoms with E-state index in [1.807, 2.05) is 6.92 Å². The first-order chi connectivity index (χ1) is 9.04. The van der Waals surface area contributed by atoms with Crippen LogP contribution in [0.4, 0.5) is 11.6 Å². The summed E-state index contributed by atoms with van der Waals surface area (Å²) in [5.74, 6) is 0.566. The van der Waals surface area contributed by atoms with E-state index < -0.39 is 5.91 Å². The van der Waals surface area contributed by atoms with Crippen LogP contribution in [-0.4, -0.2) is 37.2 Å². The maximum Gasteiger partial charge on any atom is 0.243 e. The number of amides is 1. The lowest BCUT2D eigenvalue weighted by molar-refractivity contribution is -0.122. The number of carbonyl (C=O) groups excluding carboxylic acids is 1. The standard InChI is InChI=1S/C11H16Cl2N4O2/c1-2-15-10-7(12)5-8(13)11(17-10)16-3-4-19-6-9(14)18/h5H,2-4,6H2,1H3,(H2,14,18)(H2,15,16,17). The highest BCUT2D eigenvalue weighted by Crippen LogP contribution is 2.28. The molecule has 4 N–H and O–H groups in total. The van der Waals surface area contributed by atoms with Crippen LogP contribution in [0.3, 0.4) is 0 Å². The van der Waals surface area contributed by atoms with Crippen molar-refractivity contribution in [3.05, 3.63) is 16.1 Å². The van der Waals surface area contributed by atoms with E-state index in [1.165, 1.54) is 0 Å². The second-order valence-corrected chi connectivity index (χ2v) is 4.44. The van der Waals surface area contributed by atoms with Gasteiger partial charge in [-0.15, -0.1) is 0 Å². The van der Waals surface area contributed by atoms with Crippen molar-refractivity contribution in [2.24, 2.45) is 5.73 Å². The molecule has 1 heterocycles. The SMILES string of the molecule is CCNc1nc(NCCOCC(N)=O)c(Cl)cc1Cl. The predicted octanol–water partition coefficient (Wildman–Crippen LogP) is 1.73. The number of nitrogens with zero attached hydrogens (tertiary/aromatic N) is 1. The minimum atomic E-state index is -0.503. The van der Waals surface area contributed by atoms with Gasteiger partial charge in [-0.2, -0.15) is 0 Å². The van der Waals surface area contributed by atoms with Gasteiger partial charge < -0.3 is 21.1 Å². The maximum atomic E-state index is 10.5. The number of rotatable bonds is 8. The van der Waals surface area contributed by atoms with Gasteiger partial charge in [-0.1, -0.05) is 23.2 Å². The molecular formula is C11H16Cl2N4O2. The quantitative estimate of drug-likeness (QED) is 0.637. The summed E-state index contributed by atoms with van der Waals surface area (Å²) in [6.07, 6.45) is 0. The molecule has 0 aliphatic carbocycles. The van der Waals surface area contributed by atoms with Gasteiger partial charge in [-0.25, -0.2) is 4.98 Å². The van der Waals surface area contributed by atoms with Crippen LogP contribution in [0.5, 0.6) is 0 Å². The predicted molar refractivity (Wildman–Crippen MR) is 76.9 cm³/mol. The number of halogens is 2. The fourth-order valence-electron chi connectivity index (χ4n) is 1.30. The van der Waals surface area contributed by atoms with Crippen LogP contribution < -0.4 is 16.4 Å². The van der Waals surface area contributed by atoms with E-state index >= 15 is 0 Å². The van der Waals surface area contributed by atoms with Gasteiger partial charge >= 0.3 is 0 Å². The van der Waals surface area contributed by atoms with E-state index in [4.69, 9.17) is 33.7 Å². The minimum absolute atomic E-state index is 0.105. The van der Waals surface area contributed by atoms with Gasteiger partial charge in [0, 0.05) is 13.1 Å². The van der Waals surface area contributed by atoms with E-state index in [9.17, 15) is 4.79 Å². The fraction of sp³-hybridized carbons (Fsp3) is 0.455. The molecule has 8 heteroatoms. The zero-order chi connectivity index (χ0) is 14.3. The van der Waals surface area contributed by atoms with Crippen LogP contribution in [0.25, 0.3) is 0 Å². The van der Waals surface area contributed by atoms with Crippen LogP contribution in [-0.2, 0) is 9.53 Å². The van der Waals surface area contributed by atoms with E-state index in [-0.39, 0.29) is 6.61 Å². The second kappa shape index (κ2) is 8.04. The van der Waals surface area contributed by atoms with Crippen LogP contribution >= 0.6 is 23.2 Å². The van der Waals surface area contributed by atoms with Crippen molar-refractivity contribution in [3.63, 3.8) is 0 Å². The number of nitrogens with one attached hydrogen (secondary N) is 2. The molecule has 0 saturated heterocycles. The molecule has 19 heavy (non-hydrogen) atoms. The maximum absolute atomic E-state index is 10.5. The summed E-state index contributed by atoms with van der Waals surface area (Å²) in [6, 6.07) is 1.61. The number of hydrogen-bond donors (Lipinski definition) is 3. The Balaban J connectivity index is 2.52. The summed E-state index contributed by atoms with van der Waals surface area (Å²) in [5, 5.41) is 6.90. The molecule has 1 aromatic rings. The lowest BCUT2D eigenvalue weighted by atomic mass is 10.4. The van der Waals surface area contributed by atoms with Crippen molar-refractivity contribution < 1.29 is 9.53 Å². The summed E-state index contributed by atoms with van der Waals surface area (Å²) < 4.78 is 5.01. The summed E-state index contributed by atoms with van der Waals surface area (Å²) >= 11 is 12.0. The molecule has 0 bridgehead atoms. The molecule has 0 radical (unpaired) electrons. The van der Waals surface area contributed by atoms with E-state index in [2.05, 4.69) is 15.6 Å². The molecule has 0 aliphatic rings. The Kier molecular flexibility index (Phi) is 6.69. The molecule has 1 rings (SSSR count). The Morgan fingerprint density at radius 2 is 2.00 bits per heavy atom. The van der Waals surface area contributed by atoms with Crippen molar-refractivity contribution in [1.29, 1.82) is 0 Å². The van der Waals surface area contributed by atoms with Crippen molar-refractivity contribution in [1.82, 2.24) is 4.98 Å². The number of ether oxygens (including phenoxy) is 1. The Bertz CT molecular complexity index is 443. The monoisotopic (exact) mass is 306 g/mol. The summed E-state index contributed by atoms with van der Waals surface area (Å²) in [7, 11) is 0. The van der Waals surface area contributed by atoms with Crippen LogP contribution in [0.2, 0.25) is 10.0 Å². The first-order valence-electron chi connectivity index (χ1n) is 5.74. The highest BCUT2D eigenvalue weighted by atomic mass is 35.5. The summed E-state index contributed by atoms with van der Waals surface area (Å²) in [5.41, 5.74) is 4.94. The molecule has 0 saturated carbocycles. The average molecular weight is 307 g/mol. The average Bonchev–Trinajstić information content (AvgIpc) is 2.33. The lowest BCUT2D eigenvalue weighted by Gasteiger charge is -2.11. The van der Waals surface area contributed by atoms with Gasteiger partial charge in [0.1, 0.15) is 18.2 Å². The first kappa shape index (κ1) is 15.8. The van der Waals surface area contributed by atoms with Gasteiger partial charge in [-0.3, -0.25) is 4.79 Å². The Hall–Kier alpha value is -1.24. The van der Waals surface area contributed by atoms with Crippen LogP contribution in [0.1, 0.15) is 6.92 Å². The van der Waals surface area contributed by atoms with Crippen molar-refractivity contribution in [2.45, 2.75) is 6.92 Å². The van der Waals surface area contributed by atoms with E-state index in [0.29, 0.717) is 41.4 Å². The summed E-state index contributed by atoms with van der Waals surface area (Å²) in [6.45, 7) is 3.31. The van der Waals surface area contributed by atoms with Crippen LogP contribution in [0, 0.1) is 0 Å². The Morgan fingerprint density at radius 1 is 1.37 bits per heavy atom. The number of nitrogens with two attached hydrogens (primary N) is 1. The fourth-order valence-corrected chi connectivity index (χ4v) is 1.79. The number of aromatic nitrogens is 1. The van der Waals surface area contributed by atoms with Crippen molar-refractivity contribution >= 4 is 40.7 Å². The zero-order valence-electron chi connectivity index (χ0n) is 10.5. The molecule has 0 unspecified atom stereocenters. The molecule has 0 atom stereocenters. The first-order valence-corrected chi connectivity index (χ1v) is 6.50. The largest absolute Gasteiger partial charge is 0.370 e. The molecule has 0 aromatic carbocycles. The molecule has 0 spiro atoms. The zero-order valence-corrected chi connectivity index (χ0v) is 12.0. The minimum Gasteiger partial charge on any atom is -0.370 e. The molecular weight excluding hydrogens is 291 g/mol. The number of primary amides is 1. The van der Waals surface area contributed by atoms with Gasteiger partial charge in [-0.05, 0) is 13.0 Å². The van der Waals surface area contributed by atoms with Crippen LogP contribution in [0.15, 0.2) is 6.07 Å². The van der Waals surface area contributed by atoms with E-state index in [1.54, 1.807) is 6.07 Å². The third-order valence-electron chi connectivity index (χ3n) is 2.06. The Morgan fingerprint density at radius 3 is 2.58 bits per heavy atom. The lowest BCUT2D eigenvalue weighted by Crippen LogP contribution is -2.20.